The minimum atomic E-state index is -0.221. The number of nitrogens with one attached hydrogen (secondary N) is 1. The van der Waals surface area contributed by atoms with E-state index in [4.69, 9.17) is 11.6 Å². The van der Waals surface area contributed by atoms with Crippen molar-refractivity contribution in [1.82, 2.24) is 5.32 Å². The van der Waals surface area contributed by atoms with E-state index in [0.717, 1.165) is 16.8 Å². The van der Waals surface area contributed by atoms with Crippen LogP contribution in [0.5, 0.6) is 0 Å². The fourth-order valence-corrected chi connectivity index (χ4v) is 3.65. The quantitative estimate of drug-likeness (QED) is 0.631. The van der Waals surface area contributed by atoms with Crippen LogP contribution in [0.4, 0.5) is 5.69 Å². The normalized spacial score (nSPS) is 18.5. The summed E-state index contributed by atoms with van der Waals surface area (Å²) in [7, 11) is 3.99. The second kappa shape index (κ2) is 8.38. The predicted molar refractivity (Wildman–Crippen MR) is 110 cm³/mol. The maximum absolute atomic E-state index is 12.1. The summed E-state index contributed by atoms with van der Waals surface area (Å²) in [5.41, 5.74) is 3.09. The highest BCUT2D eigenvalue weighted by atomic mass is 35.5. The van der Waals surface area contributed by atoms with Gasteiger partial charge in [-0.2, -0.15) is 5.10 Å². The van der Waals surface area contributed by atoms with Crippen LogP contribution in [0.15, 0.2) is 58.7 Å². The fraction of sp³-hybridized carbons (Fsp3) is 0.211. The highest BCUT2D eigenvalue weighted by molar-refractivity contribution is 8.15. The molecular formula is C19H19ClN4OS. The maximum Gasteiger partial charge on any atom is 0.239 e. The number of anilines is 1. The maximum atomic E-state index is 12.1. The van der Waals surface area contributed by atoms with Crippen LogP contribution < -0.4 is 10.2 Å². The Morgan fingerprint density at radius 1 is 1.23 bits per heavy atom. The first-order chi connectivity index (χ1) is 12.5. The highest BCUT2D eigenvalue weighted by Gasteiger charge is 2.30. The SMILES string of the molecule is CN(C)c1ccc(/C=N\N=C2/NC(=O)[C@H](Cc3cccc(Cl)c3)S2)cc1. The fourth-order valence-electron chi connectivity index (χ4n) is 2.47. The predicted octanol–water partition coefficient (Wildman–Crippen LogP) is 3.57. The second-order valence-corrected chi connectivity index (χ2v) is 7.69. The third-order valence-electron chi connectivity index (χ3n) is 3.85. The zero-order valence-corrected chi connectivity index (χ0v) is 16.1. The van der Waals surface area contributed by atoms with Crippen molar-refractivity contribution in [2.24, 2.45) is 10.2 Å². The lowest BCUT2D eigenvalue weighted by Crippen LogP contribution is -2.25. The van der Waals surface area contributed by atoms with Crippen LogP contribution in [0.1, 0.15) is 11.1 Å². The molecule has 0 aromatic heterocycles. The summed E-state index contributed by atoms with van der Waals surface area (Å²) in [6.07, 6.45) is 2.27. The lowest BCUT2D eigenvalue weighted by molar-refractivity contribution is -0.118. The van der Waals surface area contributed by atoms with Gasteiger partial charge in [-0.05, 0) is 41.8 Å². The summed E-state index contributed by atoms with van der Waals surface area (Å²) in [6, 6.07) is 15.5. The Labute approximate surface area is 162 Å². The molecule has 3 rings (SSSR count). The van der Waals surface area contributed by atoms with E-state index in [-0.39, 0.29) is 11.2 Å². The minimum Gasteiger partial charge on any atom is -0.378 e. The molecule has 2 aromatic carbocycles. The average molecular weight is 387 g/mol. The van der Waals surface area contributed by atoms with E-state index in [2.05, 4.69) is 15.5 Å². The monoisotopic (exact) mass is 386 g/mol. The first kappa shape index (κ1) is 18.5. The van der Waals surface area contributed by atoms with Crippen LogP contribution >= 0.6 is 23.4 Å². The molecule has 1 aliphatic heterocycles. The van der Waals surface area contributed by atoms with Gasteiger partial charge in [-0.1, -0.05) is 47.6 Å². The Morgan fingerprint density at radius 3 is 2.69 bits per heavy atom. The lowest BCUT2D eigenvalue weighted by atomic mass is 10.1. The zero-order valence-electron chi connectivity index (χ0n) is 14.5. The van der Waals surface area contributed by atoms with Crippen molar-refractivity contribution >= 4 is 46.3 Å². The Kier molecular flexibility index (Phi) is 5.96. The topological polar surface area (TPSA) is 57.1 Å². The molecule has 1 atom stereocenters. The molecule has 134 valence electrons. The molecule has 1 saturated heterocycles. The van der Waals surface area contributed by atoms with Crippen molar-refractivity contribution in [3.63, 3.8) is 0 Å². The standard InChI is InChI=1S/C19H19ClN4OS/c1-24(2)16-8-6-13(7-9-16)12-21-23-19-22-18(25)17(26-19)11-14-4-3-5-15(20)10-14/h3-10,12,17H,11H2,1-2H3,(H,22,23,25)/b21-12-/t17-/m0/s1. The molecule has 0 aliphatic carbocycles. The Bertz CT molecular complexity index is 849. The number of carbonyl (C=O) groups is 1. The number of amides is 1. The van der Waals surface area contributed by atoms with Gasteiger partial charge in [0, 0.05) is 24.8 Å². The van der Waals surface area contributed by atoms with Crippen LogP contribution in [0, 0.1) is 0 Å². The zero-order chi connectivity index (χ0) is 18.5. The lowest BCUT2D eigenvalue weighted by Gasteiger charge is -2.11. The smallest absolute Gasteiger partial charge is 0.239 e. The van der Waals surface area contributed by atoms with Gasteiger partial charge in [0.25, 0.3) is 0 Å². The van der Waals surface area contributed by atoms with Crippen molar-refractivity contribution in [2.45, 2.75) is 11.7 Å². The molecule has 2 aromatic rings. The number of rotatable bonds is 5. The van der Waals surface area contributed by atoms with Crippen LogP contribution in [0.25, 0.3) is 0 Å². The van der Waals surface area contributed by atoms with Crippen molar-refractivity contribution in [3.05, 3.63) is 64.7 Å². The molecule has 0 bridgehead atoms. The summed E-state index contributed by atoms with van der Waals surface area (Å²) < 4.78 is 0. The Morgan fingerprint density at radius 2 is 2.00 bits per heavy atom. The summed E-state index contributed by atoms with van der Waals surface area (Å²) >= 11 is 7.38. The number of hydrogen-bond donors (Lipinski definition) is 1. The van der Waals surface area contributed by atoms with Gasteiger partial charge in [-0.15, -0.1) is 5.10 Å². The molecule has 1 heterocycles. The van der Waals surface area contributed by atoms with Gasteiger partial charge in [0.1, 0.15) is 0 Å². The molecule has 7 heteroatoms. The molecule has 0 spiro atoms. The van der Waals surface area contributed by atoms with Gasteiger partial charge in [-0.25, -0.2) is 0 Å². The summed E-state index contributed by atoms with van der Waals surface area (Å²) in [6.45, 7) is 0. The average Bonchev–Trinajstić information content (AvgIpc) is 2.95. The number of nitrogens with zero attached hydrogens (tertiary/aromatic N) is 3. The molecule has 0 unspecified atom stereocenters. The van der Waals surface area contributed by atoms with E-state index >= 15 is 0 Å². The number of amidine groups is 1. The van der Waals surface area contributed by atoms with Gasteiger partial charge in [0.2, 0.25) is 5.91 Å². The van der Waals surface area contributed by atoms with Gasteiger partial charge < -0.3 is 10.2 Å². The summed E-state index contributed by atoms with van der Waals surface area (Å²) in [5, 5.41) is 11.9. The van der Waals surface area contributed by atoms with Gasteiger partial charge >= 0.3 is 0 Å². The second-order valence-electron chi connectivity index (χ2n) is 6.07. The van der Waals surface area contributed by atoms with Gasteiger partial charge in [0.05, 0.1) is 11.5 Å². The number of benzene rings is 2. The number of thioether (sulfide) groups is 1. The van der Waals surface area contributed by atoms with Crippen LogP contribution in [-0.4, -0.2) is 36.6 Å². The van der Waals surface area contributed by atoms with Crippen LogP contribution in [0.3, 0.4) is 0 Å². The van der Waals surface area contributed by atoms with Crippen molar-refractivity contribution in [1.29, 1.82) is 0 Å². The number of carbonyl (C=O) groups excluding carboxylic acids is 1. The Hall–Kier alpha value is -2.31. The first-order valence-electron chi connectivity index (χ1n) is 8.11. The highest BCUT2D eigenvalue weighted by Crippen LogP contribution is 2.24. The molecular weight excluding hydrogens is 368 g/mol. The molecule has 1 aliphatic rings. The minimum absolute atomic E-state index is 0.0562. The summed E-state index contributed by atoms with van der Waals surface area (Å²) in [5.74, 6) is -0.0562. The van der Waals surface area contributed by atoms with E-state index in [1.165, 1.54) is 11.8 Å². The van der Waals surface area contributed by atoms with E-state index in [1.54, 1.807) is 6.21 Å². The van der Waals surface area contributed by atoms with E-state index < -0.39 is 0 Å². The van der Waals surface area contributed by atoms with E-state index in [0.29, 0.717) is 16.6 Å². The Balaban J connectivity index is 1.60. The van der Waals surface area contributed by atoms with E-state index in [1.807, 2.05) is 67.5 Å². The van der Waals surface area contributed by atoms with Crippen LogP contribution in [-0.2, 0) is 11.2 Å². The molecule has 0 saturated carbocycles. The number of hydrogen-bond acceptors (Lipinski definition) is 5. The summed E-state index contributed by atoms with van der Waals surface area (Å²) in [4.78, 5) is 14.1. The van der Waals surface area contributed by atoms with Gasteiger partial charge in [-0.3, -0.25) is 4.79 Å². The third-order valence-corrected chi connectivity index (χ3v) is 5.16. The van der Waals surface area contributed by atoms with Crippen molar-refractivity contribution in [2.75, 3.05) is 19.0 Å². The van der Waals surface area contributed by atoms with Crippen molar-refractivity contribution in [3.8, 4) is 0 Å². The van der Waals surface area contributed by atoms with Crippen LogP contribution in [0.2, 0.25) is 5.02 Å². The molecule has 1 amide bonds. The van der Waals surface area contributed by atoms with E-state index in [9.17, 15) is 4.79 Å². The molecule has 0 radical (unpaired) electrons. The van der Waals surface area contributed by atoms with Crippen molar-refractivity contribution < 1.29 is 4.79 Å². The number of halogens is 1. The third kappa shape index (κ3) is 4.86. The van der Waals surface area contributed by atoms with Gasteiger partial charge in [0.15, 0.2) is 5.17 Å². The first-order valence-corrected chi connectivity index (χ1v) is 9.37. The molecule has 26 heavy (non-hydrogen) atoms. The largest absolute Gasteiger partial charge is 0.378 e. The molecule has 1 N–H and O–H groups in total. The molecule has 1 fully saturated rings. The molecule has 5 nitrogen and oxygen atoms in total.